The van der Waals surface area contributed by atoms with Gasteiger partial charge in [-0.05, 0) is 37.6 Å². The zero-order valence-electron chi connectivity index (χ0n) is 16.9. The van der Waals surface area contributed by atoms with Crippen LogP contribution in [0.4, 0.5) is 16.0 Å². The molecular weight excluding hydrogens is 405 g/mol. The maximum Gasteiger partial charge on any atom is 0.142 e. The number of hydrogen-bond acceptors (Lipinski definition) is 6. The molecule has 2 N–H and O–H groups in total. The van der Waals surface area contributed by atoms with Crippen LogP contribution in [-0.2, 0) is 0 Å². The third-order valence-corrected chi connectivity index (χ3v) is 5.76. The van der Waals surface area contributed by atoms with Crippen LogP contribution in [0.1, 0.15) is 29.7 Å². The molecule has 3 heterocycles. The Labute approximate surface area is 179 Å². The normalized spacial score (nSPS) is 13.8. The van der Waals surface area contributed by atoms with Crippen LogP contribution < -0.4 is 15.4 Å². The minimum absolute atomic E-state index is 0.156. The zero-order valence-corrected chi connectivity index (χ0v) is 17.6. The molecule has 2 aromatic heterocycles. The molecule has 1 unspecified atom stereocenters. The van der Waals surface area contributed by atoms with Gasteiger partial charge in [0, 0.05) is 34.5 Å². The summed E-state index contributed by atoms with van der Waals surface area (Å²) in [5.74, 6) is 1.36. The van der Waals surface area contributed by atoms with E-state index in [1.807, 2.05) is 32.1 Å². The molecule has 6 nitrogen and oxygen atoms in total. The number of nitrogens with two attached hydrogens (primary N) is 1. The first kappa shape index (κ1) is 20.1. The molecule has 154 valence electrons. The number of nitrogen functional groups attached to an aromatic ring is 1. The Hall–Kier alpha value is -3.19. The molecule has 1 aliphatic heterocycles. The molecule has 0 saturated heterocycles. The summed E-state index contributed by atoms with van der Waals surface area (Å²) in [6.45, 7) is 4.56. The number of halogens is 2. The lowest BCUT2D eigenvalue weighted by Gasteiger charge is -2.34. The van der Waals surface area contributed by atoms with Crippen LogP contribution in [0.15, 0.2) is 36.9 Å². The molecule has 0 radical (unpaired) electrons. The number of anilines is 2. The van der Waals surface area contributed by atoms with Gasteiger partial charge in [-0.3, -0.25) is 4.98 Å². The molecule has 0 spiro atoms. The van der Waals surface area contributed by atoms with Gasteiger partial charge < -0.3 is 15.4 Å². The third kappa shape index (κ3) is 3.35. The van der Waals surface area contributed by atoms with Crippen LogP contribution in [0, 0.1) is 12.7 Å². The number of pyridine rings is 1. The molecule has 0 fully saturated rings. The maximum atomic E-state index is 13.9. The summed E-state index contributed by atoms with van der Waals surface area (Å²) in [7, 11) is 1.60. The minimum atomic E-state index is -0.425. The number of aromatic nitrogens is 3. The highest BCUT2D eigenvalue weighted by Gasteiger charge is 2.28. The van der Waals surface area contributed by atoms with E-state index >= 15 is 0 Å². The summed E-state index contributed by atoms with van der Waals surface area (Å²) in [5, 5.41) is 0.562. The number of methoxy groups -OCH3 is 1. The first-order valence-electron chi connectivity index (χ1n) is 9.44. The van der Waals surface area contributed by atoms with Crippen molar-refractivity contribution in [3.8, 4) is 16.9 Å². The summed E-state index contributed by atoms with van der Waals surface area (Å²) in [6.07, 6.45) is 8.16. The Balaban J connectivity index is 1.88. The molecule has 0 amide bonds. The van der Waals surface area contributed by atoms with Crippen LogP contribution >= 0.6 is 11.6 Å². The molecular formula is C22H21ClFN5O. The predicted molar refractivity (Wildman–Crippen MR) is 117 cm³/mol. The fourth-order valence-electron chi connectivity index (χ4n) is 3.84. The largest absolute Gasteiger partial charge is 0.496 e. The second-order valence-corrected chi connectivity index (χ2v) is 7.51. The monoisotopic (exact) mass is 425 g/mol. The van der Waals surface area contributed by atoms with Gasteiger partial charge in [0.05, 0.1) is 24.9 Å². The van der Waals surface area contributed by atoms with Gasteiger partial charge in [-0.1, -0.05) is 17.7 Å². The molecule has 1 atom stereocenters. The van der Waals surface area contributed by atoms with Crippen molar-refractivity contribution in [1.29, 1.82) is 0 Å². The molecule has 0 aliphatic carbocycles. The van der Waals surface area contributed by atoms with Gasteiger partial charge in [-0.2, -0.15) is 0 Å². The maximum absolute atomic E-state index is 13.9. The quantitative estimate of drug-likeness (QED) is 0.645. The highest BCUT2D eigenvalue weighted by Crippen LogP contribution is 2.44. The van der Waals surface area contributed by atoms with Gasteiger partial charge in [0.1, 0.15) is 29.5 Å². The van der Waals surface area contributed by atoms with Gasteiger partial charge >= 0.3 is 0 Å². The first-order chi connectivity index (χ1) is 14.4. The summed E-state index contributed by atoms with van der Waals surface area (Å²) in [6, 6.07) is 3.16. The van der Waals surface area contributed by atoms with Crippen LogP contribution in [0.3, 0.4) is 0 Å². The molecule has 0 saturated carbocycles. The molecule has 1 aliphatic rings. The average Bonchev–Trinajstić information content (AvgIpc) is 2.74. The van der Waals surface area contributed by atoms with E-state index in [1.54, 1.807) is 13.3 Å². The predicted octanol–water partition coefficient (Wildman–Crippen LogP) is 4.82. The molecule has 30 heavy (non-hydrogen) atoms. The van der Waals surface area contributed by atoms with Crippen LogP contribution in [-0.4, -0.2) is 28.6 Å². The van der Waals surface area contributed by atoms with E-state index in [1.165, 1.54) is 18.6 Å². The Morgan fingerprint density at radius 1 is 1.27 bits per heavy atom. The fourth-order valence-corrected chi connectivity index (χ4v) is 4.05. The van der Waals surface area contributed by atoms with E-state index in [0.717, 1.165) is 22.5 Å². The molecule has 1 aromatic carbocycles. The van der Waals surface area contributed by atoms with Crippen molar-refractivity contribution in [3.63, 3.8) is 0 Å². The van der Waals surface area contributed by atoms with Crippen molar-refractivity contribution in [2.45, 2.75) is 19.9 Å². The zero-order chi connectivity index (χ0) is 21.4. The van der Waals surface area contributed by atoms with Gasteiger partial charge in [-0.25, -0.2) is 14.4 Å². The van der Waals surface area contributed by atoms with E-state index in [2.05, 4.69) is 19.9 Å². The van der Waals surface area contributed by atoms with Gasteiger partial charge in [0.15, 0.2) is 0 Å². The number of rotatable bonds is 4. The topological polar surface area (TPSA) is 77.2 Å². The van der Waals surface area contributed by atoms with E-state index < -0.39 is 5.82 Å². The van der Waals surface area contributed by atoms with E-state index in [-0.39, 0.29) is 6.04 Å². The van der Waals surface area contributed by atoms with Gasteiger partial charge in [-0.15, -0.1) is 0 Å². The average molecular weight is 426 g/mol. The first-order valence-corrected chi connectivity index (χ1v) is 9.81. The highest BCUT2D eigenvalue weighted by atomic mass is 35.5. The fraction of sp³-hybridized carbons (Fsp3) is 0.227. The van der Waals surface area contributed by atoms with Crippen LogP contribution in [0.5, 0.6) is 5.75 Å². The number of nitrogens with zero attached hydrogens (tertiary/aromatic N) is 4. The minimum Gasteiger partial charge on any atom is -0.496 e. The number of hydrogen-bond donors (Lipinski definition) is 1. The second-order valence-electron chi connectivity index (χ2n) is 7.10. The lowest BCUT2D eigenvalue weighted by atomic mass is 9.93. The lowest BCUT2D eigenvalue weighted by molar-refractivity contribution is 0.407. The van der Waals surface area contributed by atoms with Crippen molar-refractivity contribution in [2.75, 3.05) is 24.3 Å². The summed E-state index contributed by atoms with van der Waals surface area (Å²) < 4.78 is 19.7. The van der Waals surface area contributed by atoms with Crippen molar-refractivity contribution in [2.24, 2.45) is 0 Å². The summed E-state index contributed by atoms with van der Waals surface area (Å²) in [5.41, 5.74) is 9.78. The molecule has 4 rings (SSSR count). The van der Waals surface area contributed by atoms with Gasteiger partial charge in [0.25, 0.3) is 0 Å². The van der Waals surface area contributed by atoms with E-state index in [0.29, 0.717) is 34.3 Å². The SMILES string of the molecule is COc1c(C(C)N2CC=Cc3c(N)ncnc32)cc(Cl)c(C)c1-c1cncc(F)c1. The summed E-state index contributed by atoms with van der Waals surface area (Å²) >= 11 is 6.60. The van der Waals surface area contributed by atoms with E-state index in [9.17, 15) is 4.39 Å². The standard InChI is InChI=1S/C22H21ClFN5O/c1-12-18(23)8-17(20(30-3)19(12)14-7-15(24)10-26-9-14)13(2)29-6-4-5-16-21(25)27-11-28-22(16)29/h4-5,7-11,13H,6H2,1-3H3,(H2,25,27,28). The highest BCUT2D eigenvalue weighted by molar-refractivity contribution is 6.32. The molecule has 0 bridgehead atoms. The Morgan fingerprint density at radius 2 is 2.07 bits per heavy atom. The van der Waals surface area contributed by atoms with Crippen molar-refractivity contribution in [1.82, 2.24) is 15.0 Å². The number of ether oxygens (including phenoxy) is 1. The van der Waals surface area contributed by atoms with Crippen molar-refractivity contribution >= 4 is 29.3 Å². The van der Waals surface area contributed by atoms with Gasteiger partial charge in [0.2, 0.25) is 0 Å². The Kier molecular flexibility index (Phi) is 5.30. The number of fused-ring (bicyclic) bond motifs is 1. The molecule has 3 aromatic rings. The van der Waals surface area contributed by atoms with E-state index in [4.69, 9.17) is 22.1 Å². The van der Waals surface area contributed by atoms with Crippen LogP contribution in [0.25, 0.3) is 17.2 Å². The van der Waals surface area contributed by atoms with Crippen molar-refractivity contribution < 1.29 is 9.13 Å². The molecule has 8 heteroatoms. The van der Waals surface area contributed by atoms with Crippen LogP contribution in [0.2, 0.25) is 5.02 Å². The Bertz CT molecular complexity index is 1150. The number of benzene rings is 1. The Morgan fingerprint density at radius 3 is 2.80 bits per heavy atom. The third-order valence-electron chi connectivity index (χ3n) is 5.37. The lowest BCUT2D eigenvalue weighted by Crippen LogP contribution is -2.31. The van der Waals surface area contributed by atoms with Crippen molar-refractivity contribution in [3.05, 3.63) is 64.5 Å². The smallest absolute Gasteiger partial charge is 0.142 e. The second kappa shape index (κ2) is 7.91. The summed E-state index contributed by atoms with van der Waals surface area (Å²) in [4.78, 5) is 14.6.